The second kappa shape index (κ2) is 6.68. The van der Waals surface area contributed by atoms with Crippen LogP contribution in [0, 0.1) is 0 Å². The Balaban J connectivity index is 2.54. The van der Waals surface area contributed by atoms with Crippen LogP contribution in [0.1, 0.15) is 10.4 Å². The first-order valence-electron chi connectivity index (χ1n) is 5.88. The Hall–Kier alpha value is -1.17. The van der Waals surface area contributed by atoms with Gasteiger partial charge in [0.15, 0.2) is 0 Å². The van der Waals surface area contributed by atoms with Gasteiger partial charge in [-0.05, 0) is 12.1 Å². The van der Waals surface area contributed by atoms with Gasteiger partial charge in [0, 0.05) is 7.11 Å². The molecule has 0 saturated carbocycles. The van der Waals surface area contributed by atoms with Crippen molar-refractivity contribution >= 4 is 19.2 Å². The van der Waals surface area contributed by atoms with Crippen molar-refractivity contribution in [3.8, 4) is 0 Å². The summed E-state index contributed by atoms with van der Waals surface area (Å²) >= 11 is 0. The summed E-state index contributed by atoms with van der Waals surface area (Å²) in [7, 11) is 0.229. The summed E-state index contributed by atoms with van der Waals surface area (Å²) in [5.41, 5.74) is 0.495. The van der Waals surface area contributed by atoms with Crippen LogP contribution in [0.4, 0.5) is 0 Å². The van der Waals surface area contributed by atoms with E-state index < -0.39 is 14.0 Å². The monoisotopic (exact) mass is 268 g/mol. The van der Waals surface area contributed by atoms with Gasteiger partial charge in [0.25, 0.3) is 0 Å². The molecule has 0 radical (unpaired) electrons. The predicted octanol–water partition coefficient (Wildman–Crippen LogP) is 1.97. The van der Waals surface area contributed by atoms with Crippen LogP contribution >= 0.6 is 0 Å². The minimum Gasteiger partial charge on any atom is -0.382 e. The van der Waals surface area contributed by atoms with E-state index in [1.807, 2.05) is 12.1 Å². The van der Waals surface area contributed by atoms with Crippen LogP contribution in [0.5, 0.6) is 0 Å². The molecule has 1 rings (SSSR count). The molecule has 18 heavy (non-hydrogen) atoms. The third kappa shape index (κ3) is 4.60. The van der Waals surface area contributed by atoms with Crippen molar-refractivity contribution in [2.24, 2.45) is 0 Å². The number of ether oxygens (including phenoxy) is 1. The molecule has 0 aliphatic rings. The number of carbonyl (C=O) groups excluding carboxylic acids is 1. The Kier molecular flexibility index (Phi) is 5.52. The maximum Gasteiger partial charge on any atom is 0.373 e. The average Bonchev–Trinajstić information content (AvgIpc) is 2.33. The molecular formula is C13H20O4Si. The summed E-state index contributed by atoms with van der Waals surface area (Å²) in [6.07, 6.45) is 0. The van der Waals surface area contributed by atoms with Crippen molar-refractivity contribution in [3.05, 3.63) is 29.8 Å². The van der Waals surface area contributed by atoms with Gasteiger partial charge in [-0.2, -0.15) is 4.89 Å². The quantitative estimate of drug-likeness (QED) is 0.342. The number of hydrogen-bond donors (Lipinski definition) is 0. The highest BCUT2D eigenvalue weighted by atomic mass is 28.3. The minimum atomic E-state index is -1.33. The highest BCUT2D eigenvalue weighted by Crippen LogP contribution is 2.06. The minimum absolute atomic E-state index is 0.231. The van der Waals surface area contributed by atoms with E-state index in [0.29, 0.717) is 12.2 Å². The Morgan fingerprint density at radius 1 is 1.11 bits per heavy atom. The summed E-state index contributed by atoms with van der Waals surface area (Å²) in [6, 6.07) is 7.52. The number of hydrogen-bond acceptors (Lipinski definition) is 4. The number of methoxy groups -OCH3 is 1. The van der Waals surface area contributed by atoms with E-state index in [2.05, 4.69) is 24.5 Å². The zero-order valence-corrected chi connectivity index (χ0v) is 12.4. The molecule has 5 heteroatoms. The highest BCUT2D eigenvalue weighted by Gasteiger charge is 2.17. The summed E-state index contributed by atoms with van der Waals surface area (Å²) in [5, 5.41) is 1.30. The maximum absolute atomic E-state index is 11.6. The Bertz CT molecular complexity index is 381. The SMILES string of the molecule is COCCOOC(=O)c1ccc([Si](C)(C)C)cc1. The summed E-state index contributed by atoms with van der Waals surface area (Å²) in [6.45, 7) is 7.40. The lowest BCUT2D eigenvalue weighted by molar-refractivity contribution is -0.246. The van der Waals surface area contributed by atoms with E-state index >= 15 is 0 Å². The molecule has 0 aromatic heterocycles. The molecule has 0 unspecified atom stereocenters. The van der Waals surface area contributed by atoms with Gasteiger partial charge in [-0.1, -0.05) is 37.0 Å². The number of rotatable bonds is 6. The van der Waals surface area contributed by atoms with E-state index in [0.717, 1.165) is 0 Å². The normalized spacial score (nSPS) is 11.3. The van der Waals surface area contributed by atoms with Gasteiger partial charge in [-0.3, -0.25) is 4.89 Å². The smallest absolute Gasteiger partial charge is 0.373 e. The second-order valence-corrected chi connectivity index (χ2v) is 10.1. The topological polar surface area (TPSA) is 44.8 Å². The van der Waals surface area contributed by atoms with Crippen LogP contribution in [0.15, 0.2) is 24.3 Å². The fraction of sp³-hybridized carbons (Fsp3) is 0.462. The van der Waals surface area contributed by atoms with Gasteiger partial charge >= 0.3 is 5.97 Å². The second-order valence-electron chi connectivity index (χ2n) is 5.01. The molecule has 0 amide bonds. The molecule has 1 aromatic rings. The van der Waals surface area contributed by atoms with Crippen LogP contribution in [0.25, 0.3) is 0 Å². The third-order valence-corrected chi connectivity index (χ3v) is 4.56. The molecule has 0 atom stereocenters. The molecular weight excluding hydrogens is 248 g/mol. The molecule has 0 fully saturated rings. The van der Waals surface area contributed by atoms with Crippen LogP contribution < -0.4 is 5.19 Å². The van der Waals surface area contributed by atoms with E-state index in [1.165, 1.54) is 5.19 Å². The van der Waals surface area contributed by atoms with E-state index in [1.54, 1.807) is 19.2 Å². The Labute approximate surface area is 109 Å². The van der Waals surface area contributed by atoms with Crippen LogP contribution in [0.2, 0.25) is 19.6 Å². The van der Waals surface area contributed by atoms with Gasteiger partial charge in [0.1, 0.15) is 6.61 Å². The van der Waals surface area contributed by atoms with E-state index in [-0.39, 0.29) is 6.61 Å². The molecule has 0 saturated heterocycles. The van der Waals surface area contributed by atoms with Crippen LogP contribution in [0.3, 0.4) is 0 Å². The largest absolute Gasteiger partial charge is 0.382 e. The van der Waals surface area contributed by atoms with Crippen molar-refractivity contribution in [1.82, 2.24) is 0 Å². The lowest BCUT2D eigenvalue weighted by Crippen LogP contribution is -2.37. The predicted molar refractivity (Wildman–Crippen MR) is 72.7 cm³/mol. The maximum atomic E-state index is 11.6. The fourth-order valence-electron chi connectivity index (χ4n) is 1.37. The third-order valence-electron chi connectivity index (χ3n) is 2.49. The van der Waals surface area contributed by atoms with Gasteiger partial charge in [0.2, 0.25) is 0 Å². The molecule has 0 N–H and O–H groups in total. The summed E-state index contributed by atoms with van der Waals surface area (Å²) in [4.78, 5) is 21.0. The van der Waals surface area contributed by atoms with Crippen molar-refractivity contribution in [3.63, 3.8) is 0 Å². The lowest BCUT2D eigenvalue weighted by atomic mass is 10.2. The fourth-order valence-corrected chi connectivity index (χ4v) is 2.53. The number of benzene rings is 1. The van der Waals surface area contributed by atoms with Crippen LogP contribution in [-0.4, -0.2) is 34.4 Å². The van der Waals surface area contributed by atoms with Crippen molar-refractivity contribution in [2.45, 2.75) is 19.6 Å². The van der Waals surface area contributed by atoms with Crippen molar-refractivity contribution < 1.29 is 19.3 Å². The molecule has 0 aliphatic carbocycles. The van der Waals surface area contributed by atoms with Gasteiger partial charge in [0.05, 0.1) is 20.2 Å². The van der Waals surface area contributed by atoms with E-state index in [9.17, 15) is 4.79 Å². The van der Waals surface area contributed by atoms with E-state index in [4.69, 9.17) is 9.62 Å². The summed E-state index contributed by atoms with van der Waals surface area (Å²) in [5.74, 6) is -0.478. The number of carbonyl (C=O) groups is 1. The molecule has 0 aliphatic heterocycles. The first-order chi connectivity index (χ1) is 8.45. The zero-order valence-electron chi connectivity index (χ0n) is 11.4. The molecule has 4 nitrogen and oxygen atoms in total. The zero-order chi connectivity index (χ0) is 13.6. The summed E-state index contributed by atoms with van der Waals surface area (Å²) < 4.78 is 4.77. The average molecular weight is 268 g/mol. The molecule has 1 aromatic carbocycles. The first kappa shape index (κ1) is 14.9. The molecule has 0 heterocycles. The standard InChI is InChI=1S/C13H20O4Si/c1-15-9-10-16-17-13(14)11-5-7-12(8-6-11)18(2,3)4/h5-8H,9-10H2,1-4H3. The van der Waals surface area contributed by atoms with Gasteiger partial charge in [-0.25, -0.2) is 4.79 Å². The molecule has 100 valence electrons. The lowest BCUT2D eigenvalue weighted by Gasteiger charge is -2.16. The highest BCUT2D eigenvalue weighted by molar-refractivity contribution is 6.88. The molecule has 0 spiro atoms. The van der Waals surface area contributed by atoms with Crippen LogP contribution in [-0.2, 0) is 14.5 Å². The molecule has 0 bridgehead atoms. The van der Waals surface area contributed by atoms with Crippen molar-refractivity contribution in [2.75, 3.05) is 20.3 Å². The van der Waals surface area contributed by atoms with Gasteiger partial charge in [-0.15, -0.1) is 0 Å². The Morgan fingerprint density at radius 2 is 1.72 bits per heavy atom. The first-order valence-corrected chi connectivity index (χ1v) is 9.38. The van der Waals surface area contributed by atoms with Crippen molar-refractivity contribution in [1.29, 1.82) is 0 Å². The van der Waals surface area contributed by atoms with Gasteiger partial charge < -0.3 is 4.74 Å². The Morgan fingerprint density at radius 3 is 2.22 bits per heavy atom.